The minimum absolute atomic E-state index is 0.0561. The largest absolute Gasteiger partial charge is 0.461 e. The predicted octanol–water partition coefficient (Wildman–Crippen LogP) is 7.71. The molecular formula is C26H42ClNO4S2. The summed E-state index contributed by atoms with van der Waals surface area (Å²) in [5.41, 5.74) is 0.410. The number of halogens is 1. The molecule has 0 spiro atoms. The molecule has 2 fully saturated rings. The first-order chi connectivity index (χ1) is 16.6. The number of carbonyl (C=O) groups is 1. The van der Waals surface area contributed by atoms with Crippen LogP contribution in [0, 0.1) is 11.8 Å². The quantitative estimate of drug-likeness (QED) is 0.0999. The van der Waals surface area contributed by atoms with E-state index in [1.54, 1.807) is 17.1 Å². The van der Waals surface area contributed by atoms with Crippen molar-refractivity contribution in [2.45, 2.75) is 113 Å². The summed E-state index contributed by atoms with van der Waals surface area (Å²) in [6.07, 6.45) is 14.5. The maximum absolute atomic E-state index is 11.9. The summed E-state index contributed by atoms with van der Waals surface area (Å²) < 4.78 is 18.4. The third-order valence-corrected chi connectivity index (χ3v) is 9.51. The van der Waals surface area contributed by atoms with Gasteiger partial charge in [-0.05, 0) is 57.3 Å². The first-order valence-corrected chi connectivity index (χ1v) is 15.6. The second-order valence-corrected chi connectivity index (χ2v) is 12.2. The van der Waals surface area contributed by atoms with E-state index in [0.29, 0.717) is 24.1 Å². The zero-order valence-electron chi connectivity index (χ0n) is 20.8. The molecule has 0 N–H and O–H groups in total. The van der Waals surface area contributed by atoms with E-state index in [9.17, 15) is 4.79 Å². The van der Waals surface area contributed by atoms with Gasteiger partial charge in [0.1, 0.15) is 0 Å². The van der Waals surface area contributed by atoms with Crippen LogP contribution in [-0.4, -0.2) is 47.7 Å². The number of thioether (sulfide) groups is 1. The summed E-state index contributed by atoms with van der Waals surface area (Å²) in [6, 6.07) is 0. The van der Waals surface area contributed by atoms with Crippen LogP contribution in [0.5, 0.6) is 0 Å². The van der Waals surface area contributed by atoms with Crippen molar-refractivity contribution in [2.24, 2.45) is 11.8 Å². The van der Waals surface area contributed by atoms with Crippen LogP contribution in [0.1, 0.15) is 101 Å². The Kier molecular flexibility index (Phi) is 13.0. The molecule has 0 aromatic carbocycles. The maximum atomic E-state index is 11.9. The number of unbranched alkanes of at least 4 members (excludes halogenated alkanes) is 5. The van der Waals surface area contributed by atoms with Gasteiger partial charge in [0.25, 0.3) is 0 Å². The Morgan fingerprint density at radius 2 is 2.00 bits per heavy atom. The van der Waals surface area contributed by atoms with Crippen LogP contribution < -0.4 is 0 Å². The van der Waals surface area contributed by atoms with Crippen molar-refractivity contribution >= 4 is 40.7 Å². The fourth-order valence-electron chi connectivity index (χ4n) is 5.15. The molecule has 1 aromatic rings. The van der Waals surface area contributed by atoms with Gasteiger partial charge in [0.15, 0.2) is 16.3 Å². The molecular weight excluding hydrogens is 490 g/mol. The molecule has 0 bridgehead atoms. The highest BCUT2D eigenvalue weighted by molar-refractivity contribution is 8.01. The van der Waals surface area contributed by atoms with E-state index in [1.165, 1.54) is 62.7 Å². The summed E-state index contributed by atoms with van der Waals surface area (Å²) >= 11 is 10.2. The Morgan fingerprint density at radius 3 is 2.76 bits per heavy atom. The van der Waals surface area contributed by atoms with Crippen molar-refractivity contribution in [1.29, 1.82) is 0 Å². The second kappa shape index (κ2) is 15.7. The molecule has 3 unspecified atom stereocenters. The van der Waals surface area contributed by atoms with Crippen LogP contribution in [-0.2, 0) is 14.2 Å². The van der Waals surface area contributed by atoms with Gasteiger partial charge in [0, 0.05) is 23.1 Å². The second-order valence-electron chi connectivity index (χ2n) is 9.46. The highest BCUT2D eigenvalue weighted by Gasteiger charge is 2.43. The molecule has 194 valence electrons. The van der Waals surface area contributed by atoms with Crippen LogP contribution in [0.3, 0.4) is 0 Å². The third-order valence-electron chi connectivity index (χ3n) is 6.95. The van der Waals surface area contributed by atoms with Crippen molar-refractivity contribution in [3.8, 4) is 0 Å². The Labute approximate surface area is 219 Å². The van der Waals surface area contributed by atoms with E-state index < -0.39 is 0 Å². The van der Waals surface area contributed by atoms with Gasteiger partial charge in [-0.2, -0.15) is 0 Å². The fraction of sp³-hybridized carbons (Fsp3) is 0.846. The summed E-state index contributed by atoms with van der Waals surface area (Å²) in [5.74, 6) is 1.55. The van der Waals surface area contributed by atoms with E-state index >= 15 is 0 Å². The molecule has 1 aromatic heterocycles. The number of rotatable bonds is 15. The topological polar surface area (TPSA) is 57.7 Å². The van der Waals surface area contributed by atoms with Crippen LogP contribution in [0.4, 0.5) is 0 Å². The first-order valence-electron chi connectivity index (χ1n) is 13.3. The monoisotopic (exact) mass is 531 g/mol. The zero-order valence-corrected chi connectivity index (χ0v) is 23.2. The van der Waals surface area contributed by atoms with Crippen molar-refractivity contribution in [1.82, 2.24) is 4.98 Å². The smallest absolute Gasteiger partial charge is 0.357 e. The SMILES string of the molecule is CCCCCCCCC1C(CCSc2nc(C(=O)OCC)cs2)[C@H](Cl)C[C@H]1OC1CCCCO1. The molecule has 34 heavy (non-hydrogen) atoms. The Hall–Kier alpha value is -0.340. The fourth-order valence-corrected chi connectivity index (χ4v) is 7.54. The van der Waals surface area contributed by atoms with Crippen molar-refractivity contribution in [3.05, 3.63) is 11.1 Å². The van der Waals surface area contributed by atoms with Gasteiger partial charge in [-0.25, -0.2) is 9.78 Å². The minimum Gasteiger partial charge on any atom is -0.461 e. The van der Waals surface area contributed by atoms with E-state index in [4.69, 9.17) is 25.8 Å². The normalized spacial score (nSPS) is 27.2. The number of hydrogen-bond acceptors (Lipinski definition) is 7. The lowest BCUT2D eigenvalue weighted by molar-refractivity contribution is -0.196. The zero-order chi connectivity index (χ0) is 24.2. The molecule has 0 amide bonds. The lowest BCUT2D eigenvalue weighted by Crippen LogP contribution is -2.31. The summed E-state index contributed by atoms with van der Waals surface area (Å²) in [4.78, 5) is 16.3. The molecule has 5 nitrogen and oxygen atoms in total. The average molecular weight is 532 g/mol. The summed E-state index contributed by atoms with van der Waals surface area (Å²) in [6.45, 7) is 5.25. The predicted molar refractivity (Wildman–Crippen MR) is 141 cm³/mol. The van der Waals surface area contributed by atoms with E-state index in [0.717, 1.165) is 42.4 Å². The van der Waals surface area contributed by atoms with E-state index in [-0.39, 0.29) is 23.7 Å². The first kappa shape index (κ1) is 28.2. The number of aromatic nitrogens is 1. The number of nitrogens with zero attached hydrogens (tertiary/aromatic N) is 1. The summed E-state index contributed by atoms with van der Waals surface area (Å²) in [7, 11) is 0. The number of ether oxygens (including phenoxy) is 3. The molecule has 1 saturated heterocycles. The van der Waals surface area contributed by atoms with Crippen molar-refractivity contribution < 1.29 is 19.0 Å². The number of alkyl halides is 1. The Morgan fingerprint density at radius 1 is 1.18 bits per heavy atom. The molecule has 8 heteroatoms. The lowest BCUT2D eigenvalue weighted by Gasteiger charge is -2.30. The molecule has 1 aliphatic heterocycles. The van der Waals surface area contributed by atoms with Gasteiger partial charge in [-0.15, -0.1) is 22.9 Å². The molecule has 2 heterocycles. The van der Waals surface area contributed by atoms with Gasteiger partial charge in [0.05, 0.1) is 12.7 Å². The van der Waals surface area contributed by atoms with E-state index in [1.807, 2.05) is 6.92 Å². The molecule has 1 saturated carbocycles. The minimum atomic E-state index is -0.342. The van der Waals surface area contributed by atoms with E-state index in [2.05, 4.69) is 11.9 Å². The Balaban J connectivity index is 1.52. The molecule has 5 atom stereocenters. The number of hydrogen-bond donors (Lipinski definition) is 0. The molecule has 1 aliphatic carbocycles. The number of thiazole rings is 1. The van der Waals surface area contributed by atoms with Crippen LogP contribution in [0.2, 0.25) is 0 Å². The third kappa shape index (κ3) is 8.95. The average Bonchev–Trinajstić information content (AvgIpc) is 3.42. The van der Waals surface area contributed by atoms with Gasteiger partial charge in [0.2, 0.25) is 0 Å². The van der Waals surface area contributed by atoms with Crippen molar-refractivity contribution in [2.75, 3.05) is 19.0 Å². The van der Waals surface area contributed by atoms with Crippen LogP contribution >= 0.6 is 34.7 Å². The highest BCUT2D eigenvalue weighted by Crippen LogP contribution is 2.44. The van der Waals surface area contributed by atoms with Gasteiger partial charge in [-0.1, -0.05) is 57.2 Å². The lowest BCUT2D eigenvalue weighted by atomic mass is 9.87. The number of carbonyl (C=O) groups excluding carboxylic acids is 1. The van der Waals surface area contributed by atoms with Crippen molar-refractivity contribution in [3.63, 3.8) is 0 Å². The summed E-state index contributed by atoms with van der Waals surface area (Å²) in [5, 5.41) is 1.93. The van der Waals surface area contributed by atoms with Gasteiger partial charge >= 0.3 is 5.97 Å². The molecule has 0 radical (unpaired) electrons. The standard InChI is InChI=1S/C26H42ClNO4S2/c1-3-5-6-7-8-9-12-20-19(21(27)17-23(20)32-24-13-10-11-15-31-24)14-16-33-26-28-22(18-34-26)25(29)30-4-2/h18-21,23-24H,3-17H2,1-2H3/t19?,20?,21-,23-,24?/m1/s1. The van der Waals surface area contributed by atoms with Crippen LogP contribution in [0.25, 0.3) is 0 Å². The van der Waals surface area contributed by atoms with Crippen LogP contribution in [0.15, 0.2) is 9.72 Å². The molecule has 2 aliphatic rings. The highest BCUT2D eigenvalue weighted by atomic mass is 35.5. The number of esters is 1. The van der Waals surface area contributed by atoms with Gasteiger partial charge in [-0.3, -0.25) is 0 Å². The maximum Gasteiger partial charge on any atom is 0.357 e. The molecule has 3 rings (SSSR count). The Bertz CT molecular complexity index is 713. The van der Waals surface area contributed by atoms with Gasteiger partial charge < -0.3 is 14.2 Å².